The Balaban J connectivity index is 2.14. The molecule has 20 heavy (non-hydrogen) atoms. The number of hydrogen-bond acceptors (Lipinski definition) is 3. The van der Waals surface area contributed by atoms with Crippen molar-refractivity contribution in [2.75, 3.05) is 7.11 Å². The maximum atomic E-state index is 11.2. The first-order valence-corrected chi connectivity index (χ1v) is 6.60. The Morgan fingerprint density at radius 2 is 2.20 bits per heavy atom. The van der Waals surface area contributed by atoms with Crippen molar-refractivity contribution in [2.24, 2.45) is 0 Å². The van der Waals surface area contributed by atoms with Crippen LogP contribution < -0.4 is 4.74 Å². The van der Waals surface area contributed by atoms with E-state index in [1.165, 1.54) is 19.1 Å². The number of aromatic nitrogens is 1. The van der Waals surface area contributed by atoms with Gasteiger partial charge in [0.2, 0.25) is 5.88 Å². The van der Waals surface area contributed by atoms with Crippen molar-refractivity contribution in [1.29, 1.82) is 0 Å². The number of carboxylic acids is 1. The van der Waals surface area contributed by atoms with Crippen molar-refractivity contribution in [3.05, 3.63) is 41.5 Å². The molecule has 1 aliphatic rings. The van der Waals surface area contributed by atoms with E-state index in [-0.39, 0.29) is 11.4 Å². The number of hydrogen-bond donors (Lipinski definition) is 1. The lowest BCUT2D eigenvalue weighted by Crippen LogP contribution is -2.02. The molecule has 0 atom stereocenters. The molecule has 0 saturated heterocycles. The van der Waals surface area contributed by atoms with Gasteiger partial charge in [0, 0.05) is 5.39 Å². The van der Waals surface area contributed by atoms with Crippen LogP contribution in [0.25, 0.3) is 16.5 Å². The largest absolute Gasteiger partial charge is 0.480 e. The molecule has 4 nitrogen and oxygen atoms in total. The number of rotatable bonds is 3. The van der Waals surface area contributed by atoms with Gasteiger partial charge in [0.15, 0.2) is 0 Å². The van der Waals surface area contributed by atoms with Crippen molar-refractivity contribution in [3.63, 3.8) is 0 Å². The molecule has 0 fully saturated rings. The smallest absolute Gasteiger partial charge is 0.341 e. The van der Waals surface area contributed by atoms with Gasteiger partial charge in [0.1, 0.15) is 5.56 Å². The molecule has 0 unspecified atom stereocenters. The first-order valence-electron chi connectivity index (χ1n) is 6.60. The first-order chi connectivity index (χ1) is 9.69. The van der Waals surface area contributed by atoms with Crippen LogP contribution in [0.3, 0.4) is 0 Å². The fraction of sp³-hybridized carbons (Fsp3) is 0.250. The normalized spacial score (nSPS) is 14.3. The van der Waals surface area contributed by atoms with E-state index in [2.05, 4.69) is 11.1 Å². The summed E-state index contributed by atoms with van der Waals surface area (Å²) in [5.74, 6) is -0.874. The monoisotopic (exact) mass is 269 g/mol. The van der Waals surface area contributed by atoms with Crippen LogP contribution in [0.1, 0.15) is 35.2 Å². The van der Waals surface area contributed by atoms with E-state index in [0.717, 1.165) is 29.3 Å². The Morgan fingerprint density at radius 1 is 1.35 bits per heavy atom. The Bertz CT molecular complexity index is 719. The number of ether oxygens (including phenoxy) is 1. The van der Waals surface area contributed by atoms with E-state index in [0.29, 0.717) is 0 Å². The average molecular weight is 269 g/mol. The lowest BCUT2D eigenvalue weighted by molar-refractivity contribution is 0.0692. The van der Waals surface area contributed by atoms with Gasteiger partial charge in [0.05, 0.1) is 12.6 Å². The van der Waals surface area contributed by atoms with Crippen LogP contribution in [-0.2, 0) is 0 Å². The molecule has 1 heterocycles. The quantitative estimate of drug-likeness (QED) is 0.926. The molecule has 0 aliphatic heterocycles. The summed E-state index contributed by atoms with van der Waals surface area (Å²) < 4.78 is 5.07. The van der Waals surface area contributed by atoms with E-state index in [1.807, 2.05) is 18.2 Å². The number of methoxy groups -OCH3 is 1. The van der Waals surface area contributed by atoms with Gasteiger partial charge < -0.3 is 9.84 Å². The predicted octanol–water partition coefficient (Wildman–Crippen LogP) is 3.51. The van der Waals surface area contributed by atoms with Gasteiger partial charge >= 0.3 is 5.97 Å². The minimum absolute atomic E-state index is 0.0906. The molecular weight excluding hydrogens is 254 g/mol. The van der Waals surface area contributed by atoms with Crippen molar-refractivity contribution >= 4 is 22.4 Å². The van der Waals surface area contributed by atoms with Gasteiger partial charge in [-0.15, -0.1) is 0 Å². The second-order valence-corrected chi connectivity index (χ2v) is 4.88. The van der Waals surface area contributed by atoms with Crippen molar-refractivity contribution in [1.82, 2.24) is 4.98 Å². The zero-order valence-corrected chi connectivity index (χ0v) is 11.2. The van der Waals surface area contributed by atoms with E-state index < -0.39 is 5.97 Å². The number of nitrogens with zero attached hydrogens (tertiary/aromatic N) is 1. The van der Waals surface area contributed by atoms with Gasteiger partial charge in [-0.25, -0.2) is 9.78 Å². The SMILES string of the molecule is COc1nc2cc(C3=CCCC3)ccc2cc1C(=O)O. The summed E-state index contributed by atoms with van der Waals surface area (Å²) in [7, 11) is 1.43. The second kappa shape index (κ2) is 4.96. The lowest BCUT2D eigenvalue weighted by Gasteiger charge is -2.08. The van der Waals surface area contributed by atoms with E-state index in [1.54, 1.807) is 6.07 Å². The minimum Gasteiger partial charge on any atom is -0.480 e. The predicted molar refractivity (Wildman–Crippen MR) is 77.1 cm³/mol. The topological polar surface area (TPSA) is 59.4 Å². The fourth-order valence-corrected chi connectivity index (χ4v) is 2.59. The van der Waals surface area contributed by atoms with E-state index in [9.17, 15) is 4.79 Å². The van der Waals surface area contributed by atoms with Gasteiger partial charge in [-0.1, -0.05) is 18.2 Å². The number of carboxylic acid groups (broad SMARTS) is 1. The fourth-order valence-electron chi connectivity index (χ4n) is 2.59. The standard InChI is InChI=1S/C16H15NO3/c1-20-15-13(16(18)19)8-12-7-6-11(9-14(12)17-15)10-4-2-3-5-10/h4,6-9H,2-3,5H2,1H3,(H,18,19). The molecule has 102 valence electrons. The number of pyridine rings is 1. The molecule has 1 aromatic carbocycles. The molecule has 0 amide bonds. The van der Waals surface area contributed by atoms with Crippen LogP contribution in [0.4, 0.5) is 0 Å². The zero-order chi connectivity index (χ0) is 14.1. The molecule has 1 N–H and O–H groups in total. The zero-order valence-electron chi connectivity index (χ0n) is 11.2. The number of aromatic carboxylic acids is 1. The first kappa shape index (κ1) is 12.7. The summed E-state index contributed by atoms with van der Waals surface area (Å²) in [5, 5.41) is 9.97. The van der Waals surface area contributed by atoms with Crippen molar-refractivity contribution in [2.45, 2.75) is 19.3 Å². The Labute approximate surface area is 116 Å². The highest BCUT2D eigenvalue weighted by molar-refractivity contribution is 5.96. The highest BCUT2D eigenvalue weighted by Gasteiger charge is 2.15. The van der Waals surface area contributed by atoms with Crippen LogP contribution in [-0.4, -0.2) is 23.2 Å². The number of fused-ring (bicyclic) bond motifs is 1. The summed E-state index contributed by atoms with van der Waals surface area (Å²) in [6.45, 7) is 0. The average Bonchev–Trinajstić information content (AvgIpc) is 2.99. The van der Waals surface area contributed by atoms with Crippen molar-refractivity contribution < 1.29 is 14.6 Å². The highest BCUT2D eigenvalue weighted by atomic mass is 16.5. The van der Waals surface area contributed by atoms with Crippen LogP contribution in [0, 0.1) is 0 Å². The Kier molecular flexibility index (Phi) is 3.14. The molecule has 0 radical (unpaired) electrons. The summed E-state index contributed by atoms with van der Waals surface area (Å²) in [5.41, 5.74) is 3.35. The summed E-state index contributed by atoms with van der Waals surface area (Å²) in [6, 6.07) is 7.55. The molecule has 3 rings (SSSR count). The highest BCUT2D eigenvalue weighted by Crippen LogP contribution is 2.30. The van der Waals surface area contributed by atoms with Crippen molar-refractivity contribution in [3.8, 4) is 5.88 Å². The number of carbonyl (C=O) groups is 1. The summed E-state index contributed by atoms with van der Waals surface area (Å²) in [6.07, 6.45) is 5.67. The third-order valence-electron chi connectivity index (χ3n) is 3.62. The molecule has 1 aromatic heterocycles. The molecule has 0 spiro atoms. The van der Waals surface area contributed by atoms with Crippen LogP contribution in [0.2, 0.25) is 0 Å². The van der Waals surface area contributed by atoms with Crippen LogP contribution >= 0.6 is 0 Å². The number of benzene rings is 1. The third kappa shape index (κ3) is 2.13. The van der Waals surface area contributed by atoms with Gasteiger partial charge in [0.25, 0.3) is 0 Å². The number of allylic oxidation sites excluding steroid dienone is 2. The summed E-state index contributed by atoms with van der Waals surface area (Å²) in [4.78, 5) is 15.5. The molecule has 0 bridgehead atoms. The van der Waals surface area contributed by atoms with Crippen LogP contribution in [0.5, 0.6) is 5.88 Å². The van der Waals surface area contributed by atoms with Crippen LogP contribution in [0.15, 0.2) is 30.3 Å². The van der Waals surface area contributed by atoms with Gasteiger partial charge in [-0.05, 0) is 42.5 Å². The maximum Gasteiger partial charge on any atom is 0.341 e. The van der Waals surface area contributed by atoms with E-state index >= 15 is 0 Å². The second-order valence-electron chi connectivity index (χ2n) is 4.88. The van der Waals surface area contributed by atoms with Gasteiger partial charge in [-0.2, -0.15) is 0 Å². The van der Waals surface area contributed by atoms with E-state index in [4.69, 9.17) is 9.84 Å². The molecule has 0 saturated carbocycles. The third-order valence-corrected chi connectivity index (χ3v) is 3.62. The summed E-state index contributed by atoms with van der Waals surface area (Å²) >= 11 is 0. The Morgan fingerprint density at radius 3 is 2.85 bits per heavy atom. The molecule has 4 heteroatoms. The molecule has 1 aliphatic carbocycles. The maximum absolute atomic E-state index is 11.2. The Hall–Kier alpha value is -2.36. The van der Waals surface area contributed by atoms with Gasteiger partial charge in [-0.3, -0.25) is 0 Å². The lowest BCUT2D eigenvalue weighted by atomic mass is 10.0. The molecular formula is C16H15NO3. The minimum atomic E-state index is -1.03. The molecule has 2 aromatic rings.